The predicted octanol–water partition coefficient (Wildman–Crippen LogP) is 1.98. The van der Waals surface area contributed by atoms with E-state index in [9.17, 15) is 0 Å². The number of benzene rings is 1. The molecule has 1 fully saturated rings. The van der Waals surface area contributed by atoms with E-state index in [1.807, 2.05) is 25.2 Å². The molecule has 1 N–H and O–H groups in total. The minimum atomic E-state index is -0.344. The van der Waals surface area contributed by atoms with Crippen molar-refractivity contribution in [1.29, 1.82) is 0 Å². The summed E-state index contributed by atoms with van der Waals surface area (Å²) in [5.74, 6) is 0.652. The lowest BCUT2D eigenvalue weighted by Crippen LogP contribution is -2.40. The predicted molar refractivity (Wildman–Crippen MR) is 65.5 cm³/mol. The molecular formula is C12H16ClNO3. The maximum atomic E-state index is 6.06. The lowest BCUT2D eigenvalue weighted by molar-refractivity contribution is -0.193. The maximum absolute atomic E-state index is 6.06. The molecule has 0 bridgehead atoms. The second kappa shape index (κ2) is 5.69. The lowest BCUT2D eigenvalue weighted by atomic mass is 10.2. The number of hydrogen-bond donors (Lipinski definition) is 1. The fourth-order valence-electron chi connectivity index (χ4n) is 1.69. The Morgan fingerprint density at radius 1 is 1.35 bits per heavy atom. The third-order valence-electron chi connectivity index (χ3n) is 2.75. The number of hydrogen-bond acceptors (Lipinski definition) is 4. The molecule has 1 aromatic rings. The summed E-state index contributed by atoms with van der Waals surface area (Å²) in [4.78, 5) is 0. The van der Waals surface area contributed by atoms with Gasteiger partial charge in [-0.2, -0.15) is 0 Å². The Morgan fingerprint density at radius 2 is 2.06 bits per heavy atom. The van der Waals surface area contributed by atoms with E-state index in [0.29, 0.717) is 24.0 Å². The highest BCUT2D eigenvalue weighted by atomic mass is 35.5. The van der Waals surface area contributed by atoms with Crippen LogP contribution in [0.5, 0.6) is 5.75 Å². The first kappa shape index (κ1) is 12.6. The van der Waals surface area contributed by atoms with Crippen LogP contribution in [0.15, 0.2) is 18.2 Å². The normalized spacial score (nSPS) is 24.6. The minimum absolute atomic E-state index is 0.250. The molecule has 0 spiro atoms. The number of rotatable bonds is 3. The molecule has 1 heterocycles. The summed E-state index contributed by atoms with van der Waals surface area (Å²) in [5.41, 5.74) is 0.908. The Hall–Kier alpha value is -0.810. The van der Waals surface area contributed by atoms with Crippen molar-refractivity contribution in [3.8, 4) is 5.75 Å². The molecule has 0 aromatic heterocycles. The number of likely N-dealkylation sites (N-methyl/N-ethyl adjacent to an activating group) is 1. The van der Waals surface area contributed by atoms with Crippen LogP contribution >= 0.6 is 11.6 Å². The Morgan fingerprint density at radius 3 is 2.59 bits per heavy atom. The first-order chi connectivity index (χ1) is 8.24. The second-order valence-electron chi connectivity index (χ2n) is 3.88. The van der Waals surface area contributed by atoms with Crippen LogP contribution in [0.2, 0.25) is 5.02 Å². The zero-order chi connectivity index (χ0) is 12.3. The summed E-state index contributed by atoms with van der Waals surface area (Å²) in [6.45, 7) is 1.26. The quantitative estimate of drug-likeness (QED) is 0.899. The summed E-state index contributed by atoms with van der Waals surface area (Å²) in [5, 5.41) is 3.67. The molecule has 0 saturated carbocycles. The molecular weight excluding hydrogens is 242 g/mol. The van der Waals surface area contributed by atoms with E-state index < -0.39 is 0 Å². The zero-order valence-corrected chi connectivity index (χ0v) is 10.7. The van der Waals surface area contributed by atoms with Crippen LogP contribution in [0.3, 0.4) is 0 Å². The van der Waals surface area contributed by atoms with Crippen LogP contribution in [0, 0.1) is 0 Å². The van der Waals surface area contributed by atoms with Crippen LogP contribution in [0.1, 0.15) is 11.9 Å². The van der Waals surface area contributed by atoms with Crippen LogP contribution in [0.4, 0.5) is 0 Å². The summed E-state index contributed by atoms with van der Waals surface area (Å²) in [6, 6.07) is 5.77. The molecule has 0 atom stereocenters. The molecule has 4 nitrogen and oxygen atoms in total. The van der Waals surface area contributed by atoms with Crippen molar-refractivity contribution in [2.45, 2.75) is 12.3 Å². The Bertz CT molecular complexity index is 378. The molecule has 94 valence electrons. The lowest BCUT2D eigenvalue weighted by Gasteiger charge is -2.29. The fraction of sp³-hybridized carbons (Fsp3) is 0.500. The van der Waals surface area contributed by atoms with E-state index in [1.54, 1.807) is 7.11 Å². The van der Waals surface area contributed by atoms with Crippen LogP contribution in [-0.4, -0.2) is 33.4 Å². The molecule has 17 heavy (non-hydrogen) atoms. The van der Waals surface area contributed by atoms with E-state index in [1.165, 1.54) is 0 Å². The average Bonchev–Trinajstić information content (AvgIpc) is 2.39. The monoisotopic (exact) mass is 257 g/mol. The Labute approximate surface area is 106 Å². The number of halogens is 1. The van der Waals surface area contributed by atoms with Gasteiger partial charge in [-0.1, -0.05) is 17.7 Å². The highest BCUT2D eigenvalue weighted by molar-refractivity contribution is 6.32. The van der Waals surface area contributed by atoms with Crippen molar-refractivity contribution in [3.05, 3.63) is 28.8 Å². The molecule has 0 aliphatic carbocycles. The van der Waals surface area contributed by atoms with E-state index >= 15 is 0 Å². The van der Waals surface area contributed by atoms with Crippen LogP contribution < -0.4 is 10.1 Å². The van der Waals surface area contributed by atoms with Crippen molar-refractivity contribution in [2.75, 3.05) is 27.4 Å². The van der Waals surface area contributed by atoms with E-state index in [4.69, 9.17) is 25.8 Å². The first-order valence-electron chi connectivity index (χ1n) is 5.48. The van der Waals surface area contributed by atoms with Gasteiger partial charge in [0.05, 0.1) is 31.4 Å². The van der Waals surface area contributed by atoms with Gasteiger partial charge in [-0.05, 0) is 19.2 Å². The highest BCUT2D eigenvalue weighted by Crippen LogP contribution is 2.30. The Balaban J connectivity index is 2.06. The zero-order valence-electron chi connectivity index (χ0n) is 9.90. The van der Waals surface area contributed by atoms with Gasteiger partial charge in [0.2, 0.25) is 0 Å². The van der Waals surface area contributed by atoms with E-state index in [0.717, 1.165) is 5.56 Å². The third kappa shape index (κ3) is 2.90. The first-order valence-corrected chi connectivity index (χ1v) is 5.86. The average molecular weight is 258 g/mol. The summed E-state index contributed by atoms with van der Waals surface area (Å²) < 4.78 is 16.3. The Kier molecular flexibility index (Phi) is 4.23. The van der Waals surface area contributed by atoms with Gasteiger partial charge in [0.1, 0.15) is 5.75 Å². The summed E-state index contributed by atoms with van der Waals surface area (Å²) >= 11 is 6.06. The second-order valence-corrected chi connectivity index (χ2v) is 4.29. The van der Waals surface area contributed by atoms with Gasteiger partial charge in [-0.25, -0.2) is 0 Å². The molecule has 1 aliphatic heterocycles. The molecule has 1 saturated heterocycles. The molecule has 1 aromatic carbocycles. The fourth-order valence-corrected chi connectivity index (χ4v) is 1.96. The van der Waals surface area contributed by atoms with Crippen molar-refractivity contribution in [2.24, 2.45) is 0 Å². The van der Waals surface area contributed by atoms with Crippen molar-refractivity contribution < 1.29 is 14.2 Å². The van der Waals surface area contributed by atoms with Gasteiger partial charge in [-0.15, -0.1) is 0 Å². The van der Waals surface area contributed by atoms with Crippen molar-refractivity contribution >= 4 is 11.6 Å². The molecule has 5 heteroatoms. The minimum Gasteiger partial charge on any atom is -0.495 e. The van der Waals surface area contributed by atoms with Crippen LogP contribution in [0.25, 0.3) is 0 Å². The molecule has 0 amide bonds. The van der Waals surface area contributed by atoms with Gasteiger partial charge in [0, 0.05) is 5.56 Å². The number of ether oxygens (including phenoxy) is 3. The molecule has 0 unspecified atom stereocenters. The van der Waals surface area contributed by atoms with Crippen molar-refractivity contribution in [1.82, 2.24) is 5.32 Å². The van der Waals surface area contributed by atoms with Crippen molar-refractivity contribution in [3.63, 3.8) is 0 Å². The smallest absolute Gasteiger partial charge is 0.184 e. The number of nitrogens with one attached hydrogen (secondary N) is 1. The molecule has 2 rings (SSSR count). The summed E-state index contributed by atoms with van der Waals surface area (Å²) in [7, 11) is 3.48. The number of methoxy groups -OCH3 is 1. The van der Waals surface area contributed by atoms with Gasteiger partial charge in [-0.3, -0.25) is 0 Å². The topological polar surface area (TPSA) is 39.7 Å². The highest BCUT2D eigenvalue weighted by Gasteiger charge is 2.22. The maximum Gasteiger partial charge on any atom is 0.184 e. The van der Waals surface area contributed by atoms with E-state index in [2.05, 4.69) is 5.32 Å². The van der Waals surface area contributed by atoms with Gasteiger partial charge in [0.15, 0.2) is 6.29 Å². The van der Waals surface area contributed by atoms with E-state index in [-0.39, 0.29) is 12.3 Å². The molecule has 1 aliphatic rings. The largest absolute Gasteiger partial charge is 0.495 e. The molecule has 0 radical (unpaired) electrons. The third-order valence-corrected chi connectivity index (χ3v) is 3.05. The van der Waals surface area contributed by atoms with Gasteiger partial charge >= 0.3 is 0 Å². The summed E-state index contributed by atoms with van der Waals surface area (Å²) in [6.07, 6.45) is -0.344. The van der Waals surface area contributed by atoms with Crippen LogP contribution in [-0.2, 0) is 9.47 Å². The van der Waals surface area contributed by atoms with Gasteiger partial charge < -0.3 is 19.5 Å². The SMILES string of the molecule is CNC1COC(c2ccc(OC)c(Cl)c2)OC1. The standard InChI is InChI=1S/C12H16ClNO3/c1-14-9-6-16-12(17-7-9)8-3-4-11(15-2)10(13)5-8/h3-5,9,12,14H,6-7H2,1-2H3. The van der Waals surface area contributed by atoms with Gasteiger partial charge in [0.25, 0.3) is 0 Å².